The van der Waals surface area contributed by atoms with Crippen LogP contribution in [-0.2, 0) is 6.54 Å². The molecule has 2 heterocycles. The van der Waals surface area contributed by atoms with E-state index in [0.29, 0.717) is 0 Å². The summed E-state index contributed by atoms with van der Waals surface area (Å²) in [5, 5.41) is 4.28. The Labute approximate surface area is 87.0 Å². The molecule has 3 heteroatoms. The summed E-state index contributed by atoms with van der Waals surface area (Å²) in [5.74, 6) is 0. The summed E-state index contributed by atoms with van der Waals surface area (Å²) in [6, 6.07) is 10.2. The molecule has 1 aliphatic rings. The van der Waals surface area contributed by atoms with Crippen molar-refractivity contribution < 1.29 is 0 Å². The van der Waals surface area contributed by atoms with E-state index in [0.717, 1.165) is 33.7 Å². The van der Waals surface area contributed by atoms with Crippen molar-refractivity contribution in [3.05, 3.63) is 41.6 Å². The Kier molecular flexibility index (Phi) is 1.55. The predicted molar refractivity (Wildman–Crippen MR) is 60.3 cm³/mol. The molecule has 1 aromatic carbocycles. The van der Waals surface area contributed by atoms with Crippen LogP contribution in [0.4, 0.5) is 0 Å². The molecule has 68 valence electrons. The van der Waals surface area contributed by atoms with Crippen LogP contribution in [0.25, 0.3) is 10.9 Å². The Morgan fingerprint density at radius 1 is 1.29 bits per heavy atom. The van der Waals surface area contributed by atoms with E-state index in [1.54, 1.807) is 0 Å². The number of aromatic nitrogens is 1. The summed E-state index contributed by atoms with van der Waals surface area (Å²) in [6.07, 6.45) is 0. The minimum Gasteiger partial charge on any atom is -0.370 e. The highest BCUT2D eigenvalue weighted by Crippen LogP contribution is 2.20. The van der Waals surface area contributed by atoms with Gasteiger partial charge in [-0.25, -0.2) is 0 Å². The SMILES string of the molecule is S=C1NCc2nc3ccccc3cc21. The van der Waals surface area contributed by atoms with Gasteiger partial charge in [0.15, 0.2) is 0 Å². The number of hydrogen-bond donors (Lipinski definition) is 1. The fourth-order valence-corrected chi connectivity index (χ4v) is 2.00. The van der Waals surface area contributed by atoms with Gasteiger partial charge in [0.1, 0.15) is 4.99 Å². The number of para-hydroxylation sites is 1. The molecular weight excluding hydrogens is 192 g/mol. The normalized spacial score (nSPS) is 14.1. The third-order valence-electron chi connectivity index (χ3n) is 2.46. The lowest BCUT2D eigenvalue weighted by molar-refractivity contribution is 0.936. The molecule has 2 nitrogen and oxygen atoms in total. The van der Waals surface area contributed by atoms with Crippen molar-refractivity contribution in [1.82, 2.24) is 10.3 Å². The van der Waals surface area contributed by atoms with E-state index < -0.39 is 0 Å². The fraction of sp³-hybridized carbons (Fsp3) is 0.0909. The highest BCUT2D eigenvalue weighted by molar-refractivity contribution is 7.80. The van der Waals surface area contributed by atoms with Crippen molar-refractivity contribution in [3.63, 3.8) is 0 Å². The van der Waals surface area contributed by atoms with Gasteiger partial charge in [-0.2, -0.15) is 0 Å². The van der Waals surface area contributed by atoms with E-state index in [9.17, 15) is 0 Å². The lowest BCUT2D eigenvalue weighted by atomic mass is 10.1. The van der Waals surface area contributed by atoms with E-state index in [1.165, 1.54) is 0 Å². The smallest absolute Gasteiger partial charge is 0.108 e. The lowest BCUT2D eigenvalue weighted by Gasteiger charge is -2.00. The molecule has 0 saturated heterocycles. The minimum absolute atomic E-state index is 0.763. The number of fused-ring (bicyclic) bond motifs is 2. The summed E-state index contributed by atoms with van der Waals surface area (Å²) < 4.78 is 0. The van der Waals surface area contributed by atoms with Crippen molar-refractivity contribution >= 4 is 28.1 Å². The van der Waals surface area contributed by atoms with E-state index in [2.05, 4.69) is 22.4 Å². The van der Waals surface area contributed by atoms with Gasteiger partial charge in [-0.3, -0.25) is 4.98 Å². The quantitative estimate of drug-likeness (QED) is 0.658. The highest BCUT2D eigenvalue weighted by Gasteiger charge is 2.16. The fourth-order valence-electron chi connectivity index (χ4n) is 1.75. The average Bonchev–Trinajstić information content (AvgIpc) is 2.57. The number of rotatable bonds is 0. The van der Waals surface area contributed by atoms with Crippen LogP contribution in [-0.4, -0.2) is 9.97 Å². The largest absolute Gasteiger partial charge is 0.370 e. The Morgan fingerprint density at radius 3 is 3.07 bits per heavy atom. The second kappa shape index (κ2) is 2.75. The molecule has 1 aromatic heterocycles. The first-order valence-electron chi connectivity index (χ1n) is 4.51. The van der Waals surface area contributed by atoms with E-state index in [1.807, 2.05) is 18.2 Å². The van der Waals surface area contributed by atoms with Crippen LogP contribution in [0.2, 0.25) is 0 Å². The van der Waals surface area contributed by atoms with Gasteiger partial charge >= 0.3 is 0 Å². The molecule has 14 heavy (non-hydrogen) atoms. The summed E-state index contributed by atoms with van der Waals surface area (Å²) in [7, 11) is 0. The zero-order valence-electron chi connectivity index (χ0n) is 7.45. The van der Waals surface area contributed by atoms with Crippen LogP contribution >= 0.6 is 12.2 Å². The zero-order valence-corrected chi connectivity index (χ0v) is 8.27. The van der Waals surface area contributed by atoms with Crippen LogP contribution in [0, 0.1) is 0 Å². The molecule has 0 spiro atoms. The minimum atomic E-state index is 0.763. The maximum Gasteiger partial charge on any atom is 0.108 e. The van der Waals surface area contributed by atoms with Gasteiger partial charge in [-0.1, -0.05) is 30.4 Å². The second-order valence-electron chi connectivity index (χ2n) is 3.36. The van der Waals surface area contributed by atoms with E-state index in [-0.39, 0.29) is 0 Å². The monoisotopic (exact) mass is 200 g/mol. The third kappa shape index (κ3) is 1.02. The molecule has 0 radical (unpaired) electrons. The zero-order chi connectivity index (χ0) is 9.54. The van der Waals surface area contributed by atoms with Crippen molar-refractivity contribution in [2.45, 2.75) is 6.54 Å². The summed E-state index contributed by atoms with van der Waals surface area (Å²) in [4.78, 5) is 5.37. The van der Waals surface area contributed by atoms with Crippen LogP contribution in [0.1, 0.15) is 11.3 Å². The first kappa shape index (κ1) is 7.88. The molecule has 3 rings (SSSR count). The van der Waals surface area contributed by atoms with Gasteiger partial charge in [-0.05, 0) is 12.1 Å². The predicted octanol–water partition coefficient (Wildman–Crippen LogP) is 2.01. The van der Waals surface area contributed by atoms with Crippen molar-refractivity contribution in [3.8, 4) is 0 Å². The molecule has 1 aliphatic heterocycles. The van der Waals surface area contributed by atoms with Gasteiger partial charge in [0.2, 0.25) is 0 Å². The molecule has 2 aromatic rings. The molecule has 1 N–H and O–H groups in total. The molecule has 0 aliphatic carbocycles. The number of benzene rings is 1. The highest BCUT2D eigenvalue weighted by atomic mass is 32.1. The lowest BCUT2D eigenvalue weighted by Crippen LogP contribution is -2.10. The Hall–Kier alpha value is -1.48. The Morgan fingerprint density at radius 2 is 2.14 bits per heavy atom. The van der Waals surface area contributed by atoms with Gasteiger partial charge in [-0.15, -0.1) is 0 Å². The Balaban J connectivity index is 2.38. The molecule has 0 unspecified atom stereocenters. The first-order chi connectivity index (χ1) is 6.84. The van der Waals surface area contributed by atoms with Crippen LogP contribution in [0.3, 0.4) is 0 Å². The Bertz CT molecular complexity index is 534. The van der Waals surface area contributed by atoms with Crippen LogP contribution in [0.5, 0.6) is 0 Å². The summed E-state index contributed by atoms with van der Waals surface area (Å²) in [5.41, 5.74) is 3.19. The number of hydrogen-bond acceptors (Lipinski definition) is 2. The van der Waals surface area contributed by atoms with Gasteiger partial charge in [0.05, 0.1) is 17.8 Å². The van der Waals surface area contributed by atoms with Gasteiger partial charge < -0.3 is 5.32 Å². The number of pyridine rings is 1. The molecule has 0 fully saturated rings. The molecular formula is C11H8N2S. The first-order valence-corrected chi connectivity index (χ1v) is 4.92. The van der Waals surface area contributed by atoms with Crippen LogP contribution < -0.4 is 5.32 Å². The maximum absolute atomic E-state index is 5.19. The van der Waals surface area contributed by atoms with Gasteiger partial charge in [0.25, 0.3) is 0 Å². The van der Waals surface area contributed by atoms with Gasteiger partial charge in [0, 0.05) is 10.9 Å². The molecule has 0 bridgehead atoms. The summed E-state index contributed by atoms with van der Waals surface area (Å²) >= 11 is 5.19. The second-order valence-corrected chi connectivity index (χ2v) is 3.77. The van der Waals surface area contributed by atoms with Crippen molar-refractivity contribution in [2.24, 2.45) is 0 Å². The van der Waals surface area contributed by atoms with E-state index in [4.69, 9.17) is 12.2 Å². The third-order valence-corrected chi connectivity index (χ3v) is 2.83. The topological polar surface area (TPSA) is 24.9 Å². The number of nitrogens with zero attached hydrogens (tertiary/aromatic N) is 1. The van der Waals surface area contributed by atoms with Crippen LogP contribution in [0.15, 0.2) is 30.3 Å². The number of nitrogens with one attached hydrogen (secondary N) is 1. The van der Waals surface area contributed by atoms with E-state index >= 15 is 0 Å². The van der Waals surface area contributed by atoms with Crippen molar-refractivity contribution in [1.29, 1.82) is 0 Å². The standard InChI is InChI=1S/C11H8N2S/c14-11-8-5-7-3-1-2-4-9(7)13-10(8)6-12-11/h1-5H,6H2,(H,12,14). The average molecular weight is 200 g/mol. The van der Waals surface area contributed by atoms with Crippen molar-refractivity contribution in [2.75, 3.05) is 0 Å². The molecule has 0 atom stereocenters. The maximum atomic E-state index is 5.19. The number of thiocarbonyl (C=S) groups is 1. The molecule has 0 amide bonds. The summed E-state index contributed by atoms with van der Waals surface area (Å²) in [6.45, 7) is 0.763. The molecule has 0 saturated carbocycles.